The minimum Gasteiger partial charge on any atom is -0.361 e. The molecule has 0 aromatic heterocycles. The number of nitriles is 1. The fourth-order valence-electron chi connectivity index (χ4n) is 5.42. The van der Waals surface area contributed by atoms with Crippen LogP contribution >= 0.6 is 0 Å². The molecule has 1 fully saturated rings. The van der Waals surface area contributed by atoms with Crippen molar-refractivity contribution in [1.29, 1.82) is 5.26 Å². The zero-order valence-electron chi connectivity index (χ0n) is 17.9. The molecule has 4 rings (SSSR count). The molecule has 0 radical (unpaired) electrons. The zero-order valence-corrected chi connectivity index (χ0v) is 17.9. The molecule has 0 bridgehead atoms. The van der Waals surface area contributed by atoms with Crippen molar-refractivity contribution >= 4 is 5.69 Å². The van der Waals surface area contributed by atoms with Crippen molar-refractivity contribution < 1.29 is 0 Å². The van der Waals surface area contributed by atoms with Gasteiger partial charge in [-0.05, 0) is 60.1 Å². The Balaban J connectivity index is 1.82. The van der Waals surface area contributed by atoms with Crippen LogP contribution < -0.4 is 4.90 Å². The van der Waals surface area contributed by atoms with Gasteiger partial charge in [0.1, 0.15) is 0 Å². The first-order valence-corrected chi connectivity index (χ1v) is 11.1. The molecule has 3 aromatic carbocycles. The van der Waals surface area contributed by atoms with E-state index in [1.54, 1.807) is 0 Å². The SMILES string of the molecule is CC[C@H]1[C@@H](CC)N(c2ccccc2)[C@@H](c2ccc(C#N)cc2)C[C@H]1c1ccccc1. The lowest BCUT2D eigenvalue weighted by Crippen LogP contribution is -2.49. The quantitative estimate of drug-likeness (QED) is 0.461. The van der Waals surface area contributed by atoms with Gasteiger partial charge in [-0.15, -0.1) is 0 Å². The van der Waals surface area contributed by atoms with Crippen LogP contribution in [0.4, 0.5) is 5.69 Å². The Morgan fingerprint density at radius 3 is 2.00 bits per heavy atom. The highest BCUT2D eigenvalue weighted by atomic mass is 15.2. The van der Waals surface area contributed by atoms with Gasteiger partial charge in [-0.2, -0.15) is 5.26 Å². The number of benzene rings is 3. The van der Waals surface area contributed by atoms with E-state index in [4.69, 9.17) is 0 Å². The van der Waals surface area contributed by atoms with E-state index in [0.29, 0.717) is 17.9 Å². The van der Waals surface area contributed by atoms with Crippen molar-refractivity contribution in [2.75, 3.05) is 4.90 Å². The first-order chi connectivity index (χ1) is 14.8. The molecule has 1 aliphatic rings. The van der Waals surface area contributed by atoms with Crippen LogP contribution in [0.2, 0.25) is 0 Å². The maximum Gasteiger partial charge on any atom is 0.0991 e. The molecule has 1 heterocycles. The summed E-state index contributed by atoms with van der Waals surface area (Å²) in [5.74, 6) is 1.13. The van der Waals surface area contributed by atoms with Crippen LogP contribution in [0.15, 0.2) is 84.9 Å². The first kappa shape index (κ1) is 20.2. The highest BCUT2D eigenvalue weighted by Gasteiger charge is 2.42. The Kier molecular flexibility index (Phi) is 6.19. The molecule has 0 spiro atoms. The van der Waals surface area contributed by atoms with Gasteiger partial charge in [0.2, 0.25) is 0 Å². The first-order valence-electron chi connectivity index (χ1n) is 11.1. The number of hydrogen-bond donors (Lipinski definition) is 0. The van der Waals surface area contributed by atoms with Crippen molar-refractivity contribution in [3.63, 3.8) is 0 Å². The van der Waals surface area contributed by atoms with Gasteiger partial charge in [-0.1, -0.05) is 80.9 Å². The maximum atomic E-state index is 9.25. The average Bonchev–Trinajstić information content (AvgIpc) is 2.83. The van der Waals surface area contributed by atoms with E-state index in [1.165, 1.54) is 23.2 Å². The highest BCUT2D eigenvalue weighted by Crippen LogP contribution is 2.49. The third-order valence-corrected chi connectivity index (χ3v) is 6.78. The van der Waals surface area contributed by atoms with Crippen LogP contribution in [0.5, 0.6) is 0 Å². The Hall–Kier alpha value is -3.05. The molecule has 152 valence electrons. The van der Waals surface area contributed by atoms with Crippen LogP contribution in [-0.4, -0.2) is 6.04 Å². The summed E-state index contributed by atoms with van der Waals surface area (Å²) in [6.07, 6.45) is 3.37. The molecule has 4 atom stereocenters. The topological polar surface area (TPSA) is 27.0 Å². The fourth-order valence-corrected chi connectivity index (χ4v) is 5.42. The second-order valence-electron chi connectivity index (χ2n) is 8.29. The molecule has 0 unspecified atom stereocenters. The van der Waals surface area contributed by atoms with Crippen molar-refractivity contribution in [1.82, 2.24) is 0 Å². The number of hydrogen-bond acceptors (Lipinski definition) is 2. The Labute approximate surface area is 180 Å². The lowest BCUT2D eigenvalue weighted by atomic mass is 9.70. The molecule has 3 aromatic rings. The van der Waals surface area contributed by atoms with Crippen LogP contribution in [0, 0.1) is 17.2 Å². The molecule has 0 amide bonds. The number of nitrogens with zero attached hydrogens (tertiary/aromatic N) is 2. The summed E-state index contributed by atoms with van der Waals surface area (Å²) in [5.41, 5.74) is 4.77. The summed E-state index contributed by atoms with van der Waals surface area (Å²) in [5, 5.41) is 9.25. The van der Waals surface area contributed by atoms with Gasteiger partial charge >= 0.3 is 0 Å². The second kappa shape index (κ2) is 9.18. The number of piperidine rings is 1. The maximum absolute atomic E-state index is 9.25. The van der Waals surface area contributed by atoms with Gasteiger partial charge in [0, 0.05) is 11.7 Å². The van der Waals surface area contributed by atoms with E-state index in [2.05, 4.69) is 97.6 Å². The number of para-hydroxylation sites is 1. The van der Waals surface area contributed by atoms with E-state index in [1.807, 2.05) is 12.1 Å². The summed E-state index contributed by atoms with van der Waals surface area (Å²) in [6.45, 7) is 4.67. The molecule has 2 nitrogen and oxygen atoms in total. The molecule has 0 N–H and O–H groups in total. The van der Waals surface area contributed by atoms with Gasteiger partial charge in [0.05, 0.1) is 17.7 Å². The zero-order chi connectivity index (χ0) is 20.9. The standard InChI is InChI=1S/C28H30N2/c1-3-25-26(22-11-7-5-8-12-22)19-28(23-17-15-21(20-29)16-18-23)30(27(25)4-2)24-13-9-6-10-14-24/h5-18,25-28H,3-4,19H2,1-2H3/t25-,26+,27-,28-/m1/s1. The Morgan fingerprint density at radius 1 is 0.800 bits per heavy atom. The largest absolute Gasteiger partial charge is 0.361 e. The van der Waals surface area contributed by atoms with E-state index in [9.17, 15) is 5.26 Å². The normalized spacial score (nSPS) is 23.7. The number of rotatable bonds is 5. The van der Waals surface area contributed by atoms with E-state index in [0.717, 1.165) is 18.4 Å². The fraction of sp³-hybridized carbons (Fsp3) is 0.321. The predicted octanol–water partition coefficient (Wildman–Crippen LogP) is 7.10. The van der Waals surface area contributed by atoms with Gasteiger partial charge < -0.3 is 4.90 Å². The molecular formula is C28H30N2. The van der Waals surface area contributed by atoms with Crippen molar-refractivity contribution in [2.45, 2.75) is 51.1 Å². The van der Waals surface area contributed by atoms with Crippen molar-refractivity contribution in [3.05, 3.63) is 102 Å². The van der Waals surface area contributed by atoms with Crippen molar-refractivity contribution in [2.24, 2.45) is 5.92 Å². The Morgan fingerprint density at radius 2 is 1.43 bits per heavy atom. The summed E-state index contributed by atoms with van der Waals surface area (Å²) >= 11 is 0. The Bertz CT molecular complexity index is 973. The molecule has 0 saturated carbocycles. The summed E-state index contributed by atoms with van der Waals surface area (Å²) in [4.78, 5) is 2.66. The van der Waals surface area contributed by atoms with Crippen LogP contribution in [0.25, 0.3) is 0 Å². The monoisotopic (exact) mass is 394 g/mol. The van der Waals surface area contributed by atoms with E-state index in [-0.39, 0.29) is 6.04 Å². The average molecular weight is 395 g/mol. The van der Waals surface area contributed by atoms with Crippen LogP contribution in [0.1, 0.15) is 61.8 Å². The molecule has 2 heteroatoms. The summed E-state index contributed by atoms with van der Waals surface area (Å²) < 4.78 is 0. The molecule has 1 aliphatic heterocycles. The van der Waals surface area contributed by atoms with Crippen LogP contribution in [-0.2, 0) is 0 Å². The molecular weight excluding hydrogens is 364 g/mol. The van der Waals surface area contributed by atoms with E-state index >= 15 is 0 Å². The summed E-state index contributed by atoms with van der Waals surface area (Å²) in [6, 6.07) is 33.2. The predicted molar refractivity (Wildman–Crippen MR) is 124 cm³/mol. The van der Waals surface area contributed by atoms with Gasteiger partial charge in [-0.25, -0.2) is 0 Å². The minimum atomic E-state index is 0.290. The van der Waals surface area contributed by atoms with E-state index < -0.39 is 0 Å². The van der Waals surface area contributed by atoms with Gasteiger partial charge in [-0.3, -0.25) is 0 Å². The lowest BCUT2D eigenvalue weighted by molar-refractivity contribution is 0.228. The number of anilines is 1. The summed E-state index contributed by atoms with van der Waals surface area (Å²) in [7, 11) is 0. The third-order valence-electron chi connectivity index (χ3n) is 6.78. The second-order valence-corrected chi connectivity index (χ2v) is 8.29. The third kappa shape index (κ3) is 3.85. The van der Waals surface area contributed by atoms with Crippen molar-refractivity contribution in [3.8, 4) is 6.07 Å². The van der Waals surface area contributed by atoms with Gasteiger partial charge in [0.15, 0.2) is 0 Å². The minimum absolute atomic E-state index is 0.290. The van der Waals surface area contributed by atoms with Crippen LogP contribution in [0.3, 0.4) is 0 Å². The molecule has 30 heavy (non-hydrogen) atoms. The lowest BCUT2D eigenvalue weighted by Gasteiger charge is -2.52. The highest BCUT2D eigenvalue weighted by molar-refractivity contribution is 5.52. The molecule has 0 aliphatic carbocycles. The molecule has 1 saturated heterocycles. The smallest absolute Gasteiger partial charge is 0.0991 e. The van der Waals surface area contributed by atoms with Gasteiger partial charge in [0.25, 0.3) is 0 Å².